The zero-order valence-corrected chi connectivity index (χ0v) is 24.7. The number of aliphatic carboxylic acids is 1. The van der Waals surface area contributed by atoms with Crippen molar-refractivity contribution in [3.63, 3.8) is 0 Å². The van der Waals surface area contributed by atoms with Gasteiger partial charge < -0.3 is 14.6 Å². The molecule has 1 heterocycles. The van der Waals surface area contributed by atoms with Crippen LogP contribution in [0, 0.1) is 0 Å². The number of benzene rings is 2. The van der Waals surface area contributed by atoms with E-state index in [9.17, 15) is 9.59 Å². The first-order valence-electron chi connectivity index (χ1n) is 12.7. The van der Waals surface area contributed by atoms with Crippen LogP contribution in [0.5, 0.6) is 5.75 Å². The van der Waals surface area contributed by atoms with Crippen molar-refractivity contribution < 1.29 is 24.2 Å². The number of amides is 1. The summed E-state index contributed by atoms with van der Waals surface area (Å²) in [7, 11) is 1.64. The maximum absolute atomic E-state index is 13.0. The Hall–Kier alpha value is -2.91. The summed E-state index contributed by atoms with van der Waals surface area (Å²) in [5.74, 6) is -0.830. The molecule has 0 bridgehead atoms. The molecule has 0 fully saturated rings. The number of hydrogen-bond donors (Lipinski definition) is 2. The summed E-state index contributed by atoms with van der Waals surface area (Å²) < 4.78 is 11.9. The maximum Gasteiger partial charge on any atom is 0.331 e. The molecule has 0 spiro atoms. The van der Waals surface area contributed by atoms with Crippen molar-refractivity contribution in [1.82, 2.24) is 4.98 Å². The van der Waals surface area contributed by atoms with Gasteiger partial charge in [0, 0.05) is 39.8 Å². The highest BCUT2D eigenvalue weighted by molar-refractivity contribution is 7.14. The first-order valence-corrected chi connectivity index (χ1v) is 14.3. The van der Waals surface area contributed by atoms with E-state index in [1.165, 1.54) is 36.5 Å². The summed E-state index contributed by atoms with van der Waals surface area (Å²) in [5.41, 5.74) is 3.07. The standard InChI is InChI=1S/C29H32Cl2N2O5S/c1-5-7-8-12-25(38-6-2)20-11-9-10-19(26(20)37-4)24-16-39-29(32-24)33-27(34)18-14-22(30)21(23(31)15-18)13-17(3)28(35)36/h9-11,13-16,25H,5-8,12H2,1-4H3,(H,35,36)(H,32,33,34)/b17-13+/t25-/m1/s1. The minimum atomic E-state index is -1.09. The van der Waals surface area contributed by atoms with Gasteiger partial charge in [-0.05, 0) is 44.5 Å². The van der Waals surface area contributed by atoms with Crippen LogP contribution in [0.1, 0.15) is 74.0 Å². The van der Waals surface area contributed by atoms with Gasteiger partial charge in [0.25, 0.3) is 5.91 Å². The van der Waals surface area contributed by atoms with Crippen LogP contribution in [0.3, 0.4) is 0 Å². The van der Waals surface area contributed by atoms with Crippen molar-refractivity contribution in [3.8, 4) is 17.0 Å². The van der Waals surface area contributed by atoms with Gasteiger partial charge in [0.15, 0.2) is 5.13 Å². The number of aromatic nitrogens is 1. The number of hydrogen-bond acceptors (Lipinski definition) is 6. The second-order valence-electron chi connectivity index (χ2n) is 8.85. The number of anilines is 1. The average molecular weight is 592 g/mol. The minimum absolute atomic E-state index is 0.0688. The average Bonchev–Trinajstić information content (AvgIpc) is 3.37. The van der Waals surface area contributed by atoms with Crippen molar-refractivity contribution in [3.05, 3.63) is 68.0 Å². The number of thiazole rings is 1. The molecule has 0 unspecified atom stereocenters. The van der Waals surface area contributed by atoms with Crippen LogP contribution in [0.15, 0.2) is 41.3 Å². The van der Waals surface area contributed by atoms with Crippen LogP contribution >= 0.6 is 34.5 Å². The molecule has 0 aliphatic rings. The van der Waals surface area contributed by atoms with Gasteiger partial charge in [-0.15, -0.1) is 11.3 Å². The number of nitrogens with zero attached hydrogens (tertiary/aromatic N) is 1. The van der Waals surface area contributed by atoms with E-state index in [1.54, 1.807) is 7.11 Å². The largest absolute Gasteiger partial charge is 0.496 e. The number of halogens is 2. The predicted molar refractivity (Wildman–Crippen MR) is 158 cm³/mol. The van der Waals surface area contributed by atoms with Crippen LogP contribution in [0.2, 0.25) is 10.0 Å². The first kappa shape index (κ1) is 30.6. The van der Waals surface area contributed by atoms with Gasteiger partial charge >= 0.3 is 5.97 Å². The van der Waals surface area contributed by atoms with Gasteiger partial charge in [-0.1, -0.05) is 61.5 Å². The van der Waals surface area contributed by atoms with E-state index in [1.807, 2.05) is 30.5 Å². The van der Waals surface area contributed by atoms with Gasteiger partial charge in [0.05, 0.1) is 29.0 Å². The van der Waals surface area contributed by atoms with Crippen LogP contribution in [-0.4, -0.2) is 35.7 Å². The molecule has 208 valence electrons. The third kappa shape index (κ3) is 7.82. The topological polar surface area (TPSA) is 97.8 Å². The Balaban J connectivity index is 1.85. The lowest BCUT2D eigenvalue weighted by atomic mass is 9.98. The Morgan fingerprint density at radius 3 is 2.51 bits per heavy atom. The fourth-order valence-corrected chi connectivity index (χ4v) is 5.40. The highest BCUT2D eigenvalue weighted by Gasteiger charge is 2.21. The molecule has 2 N–H and O–H groups in total. The number of methoxy groups -OCH3 is 1. The zero-order valence-electron chi connectivity index (χ0n) is 22.3. The third-order valence-corrected chi connectivity index (χ3v) is 7.46. The Morgan fingerprint density at radius 1 is 1.18 bits per heavy atom. The van der Waals surface area contributed by atoms with E-state index in [-0.39, 0.29) is 27.3 Å². The number of carboxylic acid groups (broad SMARTS) is 1. The molecule has 0 radical (unpaired) electrons. The van der Waals surface area contributed by atoms with E-state index in [4.69, 9.17) is 37.8 Å². The summed E-state index contributed by atoms with van der Waals surface area (Å²) >= 11 is 13.9. The number of unbranched alkanes of at least 4 members (excludes halogenated alkanes) is 2. The van der Waals surface area contributed by atoms with E-state index in [2.05, 4.69) is 17.2 Å². The predicted octanol–water partition coefficient (Wildman–Crippen LogP) is 8.52. The molecule has 7 nitrogen and oxygen atoms in total. The Kier molecular flexibility index (Phi) is 11.4. The van der Waals surface area contributed by atoms with Crippen molar-refractivity contribution in [2.75, 3.05) is 19.0 Å². The molecule has 0 aliphatic heterocycles. The van der Waals surface area contributed by atoms with Gasteiger partial charge in [0.1, 0.15) is 5.75 Å². The summed E-state index contributed by atoms with van der Waals surface area (Å²) in [6.45, 7) is 6.19. The Morgan fingerprint density at radius 2 is 1.90 bits per heavy atom. The SMILES string of the molecule is CCCCC[C@@H](OCC)c1cccc(-c2csc(NC(=O)c3cc(Cl)c(/C=C(\C)C(=O)O)c(Cl)c3)n2)c1OC. The van der Waals surface area contributed by atoms with E-state index in [0.29, 0.717) is 28.7 Å². The fraction of sp³-hybridized carbons (Fsp3) is 0.345. The van der Waals surface area contributed by atoms with Gasteiger partial charge in [-0.25, -0.2) is 9.78 Å². The summed E-state index contributed by atoms with van der Waals surface area (Å²) in [6.07, 6.45) is 5.51. The normalized spacial score (nSPS) is 12.3. The molecule has 0 saturated carbocycles. The van der Waals surface area contributed by atoms with E-state index < -0.39 is 11.9 Å². The zero-order chi connectivity index (χ0) is 28.5. The van der Waals surface area contributed by atoms with Crippen LogP contribution < -0.4 is 10.1 Å². The van der Waals surface area contributed by atoms with Gasteiger partial charge in [0.2, 0.25) is 0 Å². The van der Waals surface area contributed by atoms with Gasteiger partial charge in [-0.3, -0.25) is 10.1 Å². The molecular formula is C29H32Cl2N2O5S. The molecule has 1 amide bonds. The molecule has 1 atom stereocenters. The quantitative estimate of drug-likeness (QED) is 0.153. The summed E-state index contributed by atoms with van der Waals surface area (Å²) in [5, 5.41) is 14.5. The monoisotopic (exact) mass is 590 g/mol. The number of ether oxygens (including phenoxy) is 2. The molecule has 0 saturated heterocycles. The fourth-order valence-electron chi connectivity index (χ4n) is 4.10. The van der Waals surface area contributed by atoms with E-state index >= 15 is 0 Å². The lowest BCUT2D eigenvalue weighted by Gasteiger charge is -2.21. The van der Waals surface area contributed by atoms with Crippen LogP contribution in [0.25, 0.3) is 17.3 Å². The van der Waals surface area contributed by atoms with Crippen LogP contribution in [0.4, 0.5) is 5.13 Å². The molecule has 39 heavy (non-hydrogen) atoms. The highest BCUT2D eigenvalue weighted by Crippen LogP contribution is 2.40. The van der Waals surface area contributed by atoms with Crippen molar-refractivity contribution in [1.29, 1.82) is 0 Å². The number of carbonyl (C=O) groups excluding carboxylic acids is 1. The second-order valence-corrected chi connectivity index (χ2v) is 10.5. The number of para-hydroxylation sites is 1. The molecule has 10 heteroatoms. The van der Waals surface area contributed by atoms with Crippen LogP contribution in [-0.2, 0) is 9.53 Å². The Labute approximate surface area is 242 Å². The number of nitrogens with one attached hydrogen (secondary N) is 1. The lowest BCUT2D eigenvalue weighted by molar-refractivity contribution is -0.132. The summed E-state index contributed by atoms with van der Waals surface area (Å²) in [4.78, 5) is 28.7. The molecular weight excluding hydrogens is 559 g/mol. The Bertz CT molecular complexity index is 1330. The molecule has 3 aromatic rings. The number of carboxylic acids is 1. The third-order valence-electron chi connectivity index (χ3n) is 6.07. The summed E-state index contributed by atoms with van der Waals surface area (Å²) in [6, 6.07) is 8.80. The maximum atomic E-state index is 13.0. The molecule has 2 aromatic carbocycles. The first-order chi connectivity index (χ1) is 18.7. The second kappa shape index (κ2) is 14.5. The smallest absolute Gasteiger partial charge is 0.331 e. The van der Waals surface area contributed by atoms with Crippen molar-refractivity contribution >= 4 is 57.6 Å². The highest BCUT2D eigenvalue weighted by atomic mass is 35.5. The van der Waals surface area contributed by atoms with Crippen molar-refractivity contribution in [2.45, 2.75) is 52.6 Å². The number of rotatable bonds is 13. The molecule has 3 rings (SSSR count). The molecule has 1 aromatic heterocycles. The number of carbonyl (C=O) groups is 2. The van der Waals surface area contributed by atoms with Crippen molar-refractivity contribution in [2.24, 2.45) is 0 Å². The molecule has 0 aliphatic carbocycles. The lowest BCUT2D eigenvalue weighted by Crippen LogP contribution is -2.12. The van der Waals surface area contributed by atoms with Gasteiger partial charge in [-0.2, -0.15) is 0 Å². The van der Waals surface area contributed by atoms with E-state index in [0.717, 1.165) is 36.8 Å². The minimum Gasteiger partial charge on any atom is -0.496 e.